The SMILES string of the molecule is CN(CCC1CCC(N2CCN(c3ccc(NC4CCC(=O)NC4=O)cc3F)CC2)CC1)C(=O)N1CCC(c2cnc(-c3c(-c4nn(C(C)(C)C)c5ncnc(N)c45)noc3C3CC3)nc2)CC1. The summed E-state index contributed by atoms with van der Waals surface area (Å²) in [5, 5.41) is 15.5. The highest BCUT2D eigenvalue weighted by atomic mass is 19.1. The second-order valence-electron chi connectivity index (χ2n) is 20.5. The van der Waals surface area contributed by atoms with Gasteiger partial charge in [-0.25, -0.2) is 33.8 Å². The number of fused-ring (bicyclic) bond motifs is 1. The first-order chi connectivity index (χ1) is 32.8. The summed E-state index contributed by atoms with van der Waals surface area (Å²) in [6, 6.07) is 5.11. The molecule has 7 heterocycles. The van der Waals surface area contributed by atoms with Gasteiger partial charge in [0.25, 0.3) is 0 Å². The van der Waals surface area contributed by atoms with Gasteiger partial charge in [-0.2, -0.15) is 5.10 Å². The number of likely N-dealkylation sites (tertiary alicyclic amines) is 1. The number of imide groups is 1. The Hall–Kier alpha value is -6.24. The average molecular weight is 931 g/mol. The number of urea groups is 1. The molecule has 19 heteroatoms. The summed E-state index contributed by atoms with van der Waals surface area (Å²) in [4.78, 5) is 64.5. The Morgan fingerprint density at radius 2 is 1.65 bits per heavy atom. The maximum Gasteiger partial charge on any atom is 0.319 e. The first-order valence-corrected chi connectivity index (χ1v) is 24.5. The van der Waals surface area contributed by atoms with E-state index in [9.17, 15) is 14.4 Å². The Balaban J connectivity index is 0.677. The standard InChI is InChI=1S/C49H63FN14O4/c1-49(2,3)64-46-40(44(51)54-28-55-46)41(58-64)42-39(43(68-59-42)31-7-8-31)45-52-26-32(27-53-45)30-16-19-63(20-17-30)48(67)60(4)18-15-29-5-10-34(11-6-29)61-21-23-62(24-22-61)37-13-9-33(25-35(37)50)56-36-12-14-38(65)57-47(36)66/h9,13,25-31,34,36,56H,5-8,10-12,14-24H2,1-4H3,(H2,51,54,55)(H,57,65,66). The zero-order valence-corrected chi connectivity index (χ0v) is 39.6. The number of nitrogen functional groups attached to an aromatic ring is 1. The molecule has 1 aromatic carbocycles. The van der Waals surface area contributed by atoms with Gasteiger partial charge in [-0.1, -0.05) is 5.16 Å². The number of nitrogens with two attached hydrogens (primary N) is 1. The molecule has 4 N–H and O–H groups in total. The van der Waals surface area contributed by atoms with E-state index in [0.717, 1.165) is 107 Å². The zero-order chi connectivity index (χ0) is 47.3. The number of piperazine rings is 1. The lowest BCUT2D eigenvalue weighted by Gasteiger charge is -2.43. The van der Waals surface area contributed by atoms with E-state index in [2.05, 4.69) is 56.3 Å². The van der Waals surface area contributed by atoms with E-state index in [4.69, 9.17) is 25.3 Å². The summed E-state index contributed by atoms with van der Waals surface area (Å²) in [7, 11) is 1.93. The summed E-state index contributed by atoms with van der Waals surface area (Å²) in [6.45, 7) is 11.6. The van der Waals surface area contributed by atoms with Crippen molar-refractivity contribution >= 4 is 46.1 Å². The number of amides is 4. The minimum Gasteiger partial charge on any atom is -0.383 e. The van der Waals surface area contributed by atoms with Gasteiger partial charge in [0.1, 0.15) is 35.4 Å². The number of nitrogens with zero attached hydrogens (tertiary/aromatic N) is 11. The van der Waals surface area contributed by atoms with Gasteiger partial charge in [-0.15, -0.1) is 0 Å². The largest absolute Gasteiger partial charge is 0.383 e. The molecule has 2 saturated carbocycles. The molecule has 5 aliphatic rings. The van der Waals surface area contributed by atoms with Gasteiger partial charge in [0, 0.05) is 89.3 Å². The van der Waals surface area contributed by atoms with E-state index in [1.54, 1.807) is 6.07 Å². The molecular formula is C49H63FN14O4. The van der Waals surface area contributed by atoms with Crippen molar-refractivity contribution in [2.75, 3.05) is 68.8 Å². The minimum atomic E-state index is -0.550. The second-order valence-corrected chi connectivity index (χ2v) is 20.5. The molecule has 18 nitrogen and oxygen atoms in total. The number of anilines is 3. The lowest BCUT2D eigenvalue weighted by Crippen LogP contribution is -2.51. The van der Waals surface area contributed by atoms with Crippen LogP contribution in [0.5, 0.6) is 0 Å². The zero-order valence-electron chi connectivity index (χ0n) is 39.6. The van der Waals surface area contributed by atoms with E-state index in [0.29, 0.717) is 76.9 Å². The number of hydrogen-bond donors (Lipinski definition) is 3. The quantitative estimate of drug-likeness (QED) is 0.121. The second kappa shape index (κ2) is 18.7. The summed E-state index contributed by atoms with van der Waals surface area (Å²) in [6.07, 6.45) is 15.2. The van der Waals surface area contributed by atoms with Crippen LogP contribution in [0.2, 0.25) is 0 Å². The van der Waals surface area contributed by atoms with Crippen LogP contribution in [0.4, 0.5) is 26.4 Å². The molecule has 2 aliphatic carbocycles. The van der Waals surface area contributed by atoms with Crippen LogP contribution in [0.1, 0.15) is 115 Å². The molecule has 3 aliphatic heterocycles. The maximum atomic E-state index is 15.3. The van der Waals surface area contributed by atoms with Gasteiger partial charge in [0.2, 0.25) is 11.8 Å². The van der Waals surface area contributed by atoms with Crippen LogP contribution >= 0.6 is 0 Å². The van der Waals surface area contributed by atoms with E-state index in [1.807, 2.05) is 40.0 Å². The molecule has 0 radical (unpaired) electrons. The number of rotatable bonds is 11. The van der Waals surface area contributed by atoms with E-state index in [-0.39, 0.29) is 47.5 Å². The minimum absolute atomic E-state index is 0.0957. The lowest BCUT2D eigenvalue weighted by molar-refractivity contribution is -0.133. The maximum absolute atomic E-state index is 15.3. The molecule has 4 aromatic heterocycles. The van der Waals surface area contributed by atoms with Crippen molar-refractivity contribution < 1.29 is 23.3 Å². The molecule has 1 unspecified atom stereocenters. The van der Waals surface area contributed by atoms with Crippen LogP contribution in [-0.2, 0) is 15.1 Å². The average Bonchev–Trinajstić information content (AvgIpc) is 3.96. The monoisotopic (exact) mass is 931 g/mol. The van der Waals surface area contributed by atoms with Crippen molar-refractivity contribution in [2.45, 2.75) is 121 Å². The molecule has 360 valence electrons. The van der Waals surface area contributed by atoms with Gasteiger partial charge >= 0.3 is 6.03 Å². The Labute approximate surface area is 395 Å². The molecule has 1 atom stereocenters. The van der Waals surface area contributed by atoms with Crippen LogP contribution < -0.4 is 21.3 Å². The summed E-state index contributed by atoms with van der Waals surface area (Å²) < 4.78 is 23.2. The number of carbonyl (C=O) groups is 3. The molecule has 5 fully saturated rings. The van der Waals surface area contributed by atoms with Crippen molar-refractivity contribution in [2.24, 2.45) is 5.92 Å². The summed E-state index contributed by atoms with van der Waals surface area (Å²) in [5.41, 5.74) is 10.7. The Morgan fingerprint density at radius 3 is 2.32 bits per heavy atom. The molecular weight excluding hydrogens is 868 g/mol. The van der Waals surface area contributed by atoms with Gasteiger partial charge in [0.15, 0.2) is 17.2 Å². The Bertz CT molecular complexity index is 2650. The molecule has 0 spiro atoms. The van der Waals surface area contributed by atoms with E-state index < -0.39 is 6.04 Å². The number of piperidine rings is 2. The highest BCUT2D eigenvalue weighted by molar-refractivity contribution is 6.02. The number of hydrogen-bond acceptors (Lipinski definition) is 14. The van der Waals surface area contributed by atoms with E-state index >= 15 is 4.39 Å². The van der Waals surface area contributed by atoms with Gasteiger partial charge in [0.05, 0.1) is 22.2 Å². The third-order valence-corrected chi connectivity index (χ3v) is 14.9. The van der Waals surface area contributed by atoms with Crippen LogP contribution in [0.15, 0.2) is 41.4 Å². The van der Waals surface area contributed by atoms with Gasteiger partial charge in [-0.3, -0.25) is 19.8 Å². The molecule has 0 bridgehead atoms. The van der Waals surface area contributed by atoms with Crippen molar-refractivity contribution in [1.82, 2.24) is 54.9 Å². The van der Waals surface area contributed by atoms with Crippen molar-refractivity contribution in [3.63, 3.8) is 0 Å². The normalized spacial score (nSPS) is 22.2. The first kappa shape index (κ1) is 45.5. The third kappa shape index (κ3) is 9.32. The van der Waals surface area contributed by atoms with E-state index in [1.165, 1.54) is 12.4 Å². The number of nitrogens with one attached hydrogen (secondary N) is 2. The smallest absolute Gasteiger partial charge is 0.319 e. The molecule has 10 rings (SSSR count). The lowest BCUT2D eigenvalue weighted by atomic mass is 9.83. The predicted octanol–water partition coefficient (Wildman–Crippen LogP) is 6.51. The molecule has 5 aromatic rings. The van der Waals surface area contributed by atoms with Crippen LogP contribution in [0.25, 0.3) is 33.8 Å². The number of benzene rings is 1. The molecule has 3 saturated heterocycles. The fraction of sp³-hybridized carbons (Fsp3) is 0.571. The number of aromatic nitrogens is 7. The highest BCUT2D eigenvalue weighted by Gasteiger charge is 2.37. The van der Waals surface area contributed by atoms with Crippen LogP contribution in [0, 0.1) is 11.7 Å². The third-order valence-electron chi connectivity index (χ3n) is 14.9. The van der Waals surface area contributed by atoms with Gasteiger partial charge in [-0.05, 0) is 121 Å². The van der Waals surface area contributed by atoms with Crippen molar-refractivity contribution in [3.05, 3.63) is 54.1 Å². The fourth-order valence-corrected chi connectivity index (χ4v) is 10.7. The first-order valence-electron chi connectivity index (χ1n) is 24.5. The number of halogens is 1. The topological polar surface area (TPSA) is 210 Å². The Morgan fingerprint density at radius 1 is 0.912 bits per heavy atom. The number of carbonyl (C=O) groups excluding carboxylic acids is 3. The molecule has 68 heavy (non-hydrogen) atoms. The van der Waals surface area contributed by atoms with Crippen LogP contribution in [0.3, 0.4) is 0 Å². The van der Waals surface area contributed by atoms with Crippen molar-refractivity contribution in [3.8, 4) is 22.8 Å². The fourth-order valence-electron chi connectivity index (χ4n) is 10.7. The Kier molecular flexibility index (Phi) is 12.5. The highest BCUT2D eigenvalue weighted by Crippen LogP contribution is 2.48. The van der Waals surface area contributed by atoms with Crippen molar-refractivity contribution in [1.29, 1.82) is 0 Å². The van der Waals surface area contributed by atoms with Gasteiger partial charge < -0.3 is 30.3 Å². The summed E-state index contributed by atoms with van der Waals surface area (Å²) in [5.74, 6) is 1.74. The summed E-state index contributed by atoms with van der Waals surface area (Å²) >= 11 is 0. The van der Waals surface area contributed by atoms with Crippen LogP contribution in [-0.4, -0.2) is 132 Å². The predicted molar refractivity (Wildman–Crippen MR) is 255 cm³/mol. The molecule has 4 amide bonds.